The zero-order valence-electron chi connectivity index (χ0n) is 13.2. The third-order valence-corrected chi connectivity index (χ3v) is 3.76. The predicted molar refractivity (Wildman–Crippen MR) is 83.9 cm³/mol. The minimum absolute atomic E-state index is 0.00679. The van der Waals surface area contributed by atoms with Gasteiger partial charge in [0.1, 0.15) is 12.4 Å². The molecule has 0 aliphatic carbocycles. The lowest BCUT2D eigenvalue weighted by Crippen LogP contribution is -2.51. The highest BCUT2D eigenvalue weighted by molar-refractivity contribution is 5.74. The standard InChI is InChI=1S/C16H25N3O2/c1-13-4-5-15(14(2)12-13)21-11-6-17-16(20)19-9-7-18(3)8-10-19/h4-5,12H,6-11H2,1-3H3,(H,17,20). The van der Waals surface area contributed by atoms with Crippen LogP contribution in [0, 0.1) is 13.8 Å². The van der Waals surface area contributed by atoms with Gasteiger partial charge >= 0.3 is 6.03 Å². The van der Waals surface area contributed by atoms with Crippen LogP contribution in [0.1, 0.15) is 11.1 Å². The molecule has 1 heterocycles. The molecular formula is C16H25N3O2. The fourth-order valence-electron chi connectivity index (χ4n) is 2.40. The number of rotatable bonds is 4. The molecule has 1 aromatic carbocycles. The fraction of sp³-hybridized carbons (Fsp3) is 0.562. The summed E-state index contributed by atoms with van der Waals surface area (Å²) in [5.41, 5.74) is 2.35. The molecule has 0 unspecified atom stereocenters. The summed E-state index contributed by atoms with van der Waals surface area (Å²) in [6.45, 7) is 8.57. The second-order valence-electron chi connectivity index (χ2n) is 5.64. The van der Waals surface area contributed by atoms with Gasteiger partial charge in [-0.05, 0) is 32.5 Å². The number of likely N-dealkylation sites (N-methyl/N-ethyl adjacent to an activating group) is 1. The summed E-state index contributed by atoms with van der Waals surface area (Å²) in [5, 5.41) is 2.91. The van der Waals surface area contributed by atoms with Crippen LogP contribution in [-0.4, -0.2) is 62.2 Å². The number of hydrogen-bond donors (Lipinski definition) is 1. The SMILES string of the molecule is Cc1ccc(OCCNC(=O)N2CCN(C)CC2)c(C)c1. The molecule has 0 bridgehead atoms. The number of piperazine rings is 1. The van der Waals surface area contributed by atoms with E-state index in [4.69, 9.17) is 4.74 Å². The molecule has 21 heavy (non-hydrogen) atoms. The molecule has 0 saturated carbocycles. The summed E-state index contributed by atoms with van der Waals surface area (Å²) in [5.74, 6) is 0.884. The van der Waals surface area contributed by atoms with E-state index in [2.05, 4.69) is 30.3 Å². The van der Waals surface area contributed by atoms with Crippen molar-refractivity contribution in [2.45, 2.75) is 13.8 Å². The summed E-state index contributed by atoms with van der Waals surface area (Å²) in [6.07, 6.45) is 0. The molecule has 0 aromatic heterocycles. The van der Waals surface area contributed by atoms with Gasteiger partial charge in [0, 0.05) is 26.2 Å². The van der Waals surface area contributed by atoms with Gasteiger partial charge in [0.15, 0.2) is 0 Å². The number of nitrogens with one attached hydrogen (secondary N) is 1. The van der Waals surface area contributed by atoms with E-state index in [-0.39, 0.29) is 6.03 Å². The molecule has 1 N–H and O–H groups in total. The maximum absolute atomic E-state index is 12.0. The Bertz CT molecular complexity index is 482. The first-order valence-electron chi connectivity index (χ1n) is 7.47. The molecule has 0 atom stereocenters. The summed E-state index contributed by atoms with van der Waals surface area (Å²) < 4.78 is 5.71. The van der Waals surface area contributed by atoms with E-state index in [9.17, 15) is 4.79 Å². The van der Waals surface area contributed by atoms with Crippen molar-refractivity contribution in [1.82, 2.24) is 15.1 Å². The quantitative estimate of drug-likeness (QED) is 0.858. The van der Waals surface area contributed by atoms with Crippen LogP contribution in [0.3, 0.4) is 0 Å². The van der Waals surface area contributed by atoms with Gasteiger partial charge in [-0.1, -0.05) is 17.7 Å². The highest BCUT2D eigenvalue weighted by Gasteiger charge is 2.18. The van der Waals surface area contributed by atoms with E-state index < -0.39 is 0 Å². The van der Waals surface area contributed by atoms with E-state index in [0.29, 0.717) is 13.2 Å². The molecule has 1 fully saturated rings. The van der Waals surface area contributed by atoms with Gasteiger partial charge in [-0.25, -0.2) is 4.79 Å². The maximum Gasteiger partial charge on any atom is 0.317 e. The molecule has 1 saturated heterocycles. The molecule has 2 amide bonds. The van der Waals surface area contributed by atoms with Gasteiger partial charge in [0.25, 0.3) is 0 Å². The lowest BCUT2D eigenvalue weighted by Gasteiger charge is -2.32. The Kier molecular flexibility index (Phi) is 5.44. The summed E-state index contributed by atoms with van der Waals surface area (Å²) in [6, 6.07) is 6.11. The first kappa shape index (κ1) is 15.6. The Balaban J connectivity index is 1.68. The van der Waals surface area contributed by atoms with Gasteiger partial charge in [-0.2, -0.15) is 0 Å². The number of nitrogens with zero attached hydrogens (tertiary/aromatic N) is 2. The van der Waals surface area contributed by atoms with Crippen LogP contribution in [0.15, 0.2) is 18.2 Å². The number of benzene rings is 1. The maximum atomic E-state index is 12.0. The van der Waals surface area contributed by atoms with E-state index in [1.54, 1.807) is 0 Å². The highest BCUT2D eigenvalue weighted by atomic mass is 16.5. The normalized spacial score (nSPS) is 15.9. The van der Waals surface area contributed by atoms with Crippen molar-refractivity contribution in [3.8, 4) is 5.75 Å². The van der Waals surface area contributed by atoms with Gasteiger partial charge in [0.2, 0.25) is 0 Å². The Morgan fingerprint density at radius 3 is 2.62 bits per heavy atom. The Hall–Kier alpha value is -1.75. The van der Waals surface area contributed by atoms with Gasteiger partial charge in [-0.15, -0.1) is 0 Å². The number of amides is 2. The lowest BCUT2D eigenvalue weighted by molar-refractivity contribution is 0.153. The molecule has 0 spiro atoms. The molecule has 2 rings (SSSR count). The highest BCUT2D eigenvalue weighted by Crippen LogP contribution is 2.18. The smallest absolute Gasteiger partial charge is 0.317 e. The zero-order chi connectivity index (χ0) is 15.2. The monoisotopic (exact) mass is 291 g/mol. The van der Waals surface area contributed by atoms with Crippen LogP contribution in [0.2, 0.25) is 0 Å². The van der Waals surface area contributed by atoms with E-state index in [1.807, 2.05) is 24.0 Å². The van der Waals surface area contributed by atoms with E-state index in [1.165, 1.54) is 5.56 Å². The second-order valence-corrected chi connectivity index (χ2v) is 5.64. The fourth-order valence-corrected chi connectivity index (χ4v) is 2.40. The van der Waals surface area contributed by atoms with Gasteiger partial charge < -0.3 is 19.9 Å². The Morgan fingerprint density at radius 1 is 1.24 bits per heavy atom. The molecule has 1 aromatic rings. The average Bonchev–Trinajstić information content (AvgIpc) is 2.46. The number of carbonyl (C=O) groups is 1. The molecule has 0 radical (unpaired) electrons. The van der Waals surface area contributed by atoms with Crippen molar-refractivity contribution >= 4 is 6.03 Å². The molecule has 5 heteroatoms. The summed E-state index contributed by atoms with van der Waals surface area (Å²) in [4.78, 5) is 16.1. The second kappa shape index (κ2) is 7.31. The molecule has 5 nitrogen and oxygen atoms in total. The minimum atomic E-state index is 0.00679. The van der Waals surface area contributed by atoms with Crippen molar-refractivity contribution in [3.05, 3.63) is 29.3 Å². The Labute approximate surface area is 126 Å². The first-order valence-corrected chi connectivity index (χ1v) is 7.47. The largest absolute Gasteiger partial charge is 0.491 e. The van der Waals surface area contributed by atoms with Crippen molar-refractivity contribution in [3.63, 3.8) is 0 Å². The number of aryl methyl sites for hydroxylation is 2. The molecule has 1 aliphatic heterocycles. The third kappa shape index (κ3) is 4.63. The molecule has 116 valence electrons. The lowest BCUT2D eigenvalue weighted by atomic mass is 10.1. The predicted octanol–water partition coefficient (Wildman–Crippen LogP) is 1.64. The number of hydrogen-bond acceptors (Lipinski definition) is 3. The van der Waals surface area contributed by atoms with Crippen LogP contribution < -0.4 is 10.1 Å². The number of carbonyl (C=O) groups excluding carboxylic acids is 1. The summed E-state index contributed by atoms with van der Waals surface area (Å²) in [7, 11) is 2.08. The van der Waals surface area contributed by atoms with E-state index >= 15 is 0 Å². The van der Waals surface area contributed by atoms with Gasteiger partial charge in [0.05, 0.1) is 6.54 Å². The van der Waals surface area contributed by atoms with Crippen LogP contribution in [-0.2, 0) is 0 Å². The topological polar surface area (TPSA) is 44.8 Å². The van der Waals surface area contributed by atoms with Crippen LogP contribution in [0.5, 0.6) is 5.75 Å². The number of urea groups is 1. The Morgan fingerprint density at radius 2 is 1.95 bits per heavy atom. The van der Waals surface area contributed by atoms with Crippen molar-refractivity contribution in [1.29, 1.82) is 0 Å². The molecule has 1 aliphatic rings. The van der Waals surface area contributed by atoms with Crippen molar-refractivity contribution < 1.29 is 9.53 Å². The van der Waals surface area contributed by atoms with Crippen LogP contribution in [0.25, 0.3) is 0 Å². The third-order valence-electron chi connectivity index (χ3n) is 3.76. The number of ether oxygens (including phenoxy) is 1. The van der Waals surface area contributed by atoms with E-state index in [0.717, 1.165) is 37.5 Å². The van der Waals surface area contributed by atoms with Crippen LogP contribution >= 0.6 is 0 Å². The average molecular weight is 291 g/mol. The van der Waals surface area contributed by atoms with Crippen LogP contribution in [0.4, 0.5) is 4.79 Å². The zero-order valence-corrected chi connectivity index (χ0v) is 13.2. The first-order chi connectivity index (χ1) is 10.1. The van der Waals surface area contributed by atoms with Gasteiger partial charge in [-0.3, -0.25) is 0 Å². The van der Waals surface area contributed by atoms with Crippen molar-refractivity contribution in [2.75, 3.05) is 46.4 Å². The minimum Gasteiger partial charge on any atom is -0.491 e. The summed E-state index contributed by atoms with van der Waals surface area (Å²) >= 11 is 0. The van der Waals surface area contributed by atoms with Crippen molar-refractivity contribution in [2.24, 2.45) is 0 Å². The molecular weight excluding hydrogens is 266 g/mol.